The molecule has 0 saturated carbocycles. The maximum Gasteiger partial charge on any atom is 0.253 e. The molecule has 0 radical (unpaired) electrons. The average molecular weight is 476 g/mol. The molecule has 0 unspecified atom stereocenters. The lowest BCUT2D eigenvalue weighted by molar-refractivity contribution is -0.113. The number of halogens is 2. The summed E-state index contributed by atoms with van der Waals surface area (Å²) in [6.07, 6.45) is 0. The summed E-state index contributed by atoms with van der Waals surface area (Å²) in [7, 11) is 1.77. The van der Waals surface area contributed by atoms with Crippen LogP contribution in [-0.4, -0.2) is 32.3 Å². The predicted octanol–water partition coefficient (Wildman–Crippen LogP) is 4.47. The van der Waals surface area contributed by atoms with Gasteiger partial charge in [0.05, 0.1) is 28.1 Å². The number of nitrogens with one attached hydrogen (secondary N) is 2. The number of carbonyl (C=O) groups is 2. The summed E-state index contributed by atoms with van der Waals surface area (Å²) in [6, 6.07) is 12.4. The highest BCUT2D eigenvalue weighted by atomic mass is 35.5. The normalized spacial score (nSPS) is 11.9. The van der Waals surface area contributed by atoms with Crippen LogP contribution in [0.1, 0.15) is 36.1 Å². The summed E-state index contributed by atoms with van der Waals surface area (Å²) in [6.45, 7) is 3.92. The number of thioether (sulfide) groups is 1. The van der Waals surface area contributed by atoms with E-state index in [0.29, 0.717) is 21.6 Å². The van der Waals surface area contributed by atoms with E-state index in [0.717, 1.165) is 0 Å². The van der Waals surface area contributed by atoms with Gasteiger partial charge in [-0.05, 0) is 30.2 Å². The van der Waals surface area contributed by atoms with Crippen molar-refractivity contribution in [3.8, 4) is 0 Å². The minimum absolute atomic E-state index is 0.0199. The van der Waals surface area contributed by atoms with Crippen LogP contribution < -0.4 is 10.6 Å². The maximum absolute atomic E-state index is 13.7. The van der Waals surface area contributed by atoms with Crippen molar-refractivity contribution in [2.45, 2.75) is 25.0 Å². The van der Waals surface area contributed by atoms with Crippen molar-refractivity contribution in [2.24, 2.45) is 13.0 Å². The van der Waals surface area contributed by atoms with E-state index < -0.39 is 11.9 Å². The molecule has 0 aliphatic rings. The van der Waals surface area contributed by atoms with Crippen LogP contribution in [0.25, 0.3) is 0 Å². The third-order valence-electron chi connectivity index (χ3n) is 4.70. The van der Waals surface area contributed by atoms with E-state index in [1.165, 1.54) is 23.9 Å². The van der Waals surface area contributed by atoms with Gasteiger partial charge in [0.15, 0.2) is 11.0 Å². The second kappa shape index (κ2) is 10.6. The van der Waals surface area contributed by atoms with Gasteiger partial charge in [0.2, 0.25) is 5.91 Å². The van der Waals surface area contributed by atoms with Gasteiger partial charge < -0.3 is 15.2 Å². The van der Waals surface area contributed by atoms with Gasteiger partial charge in [-0.3, -0.25) is 9.59 Å². The molecule has 0 spiro atoms. The van der Waals surface area contributed by atoms with Gasteiger partial charge in [-0.1, -0.05) is 61.5 Å². The van der Waals surface area contributed by atoms with Crippen molar-refractivity contribution >= 4 is 40.9 Å². The predicted molar refractivity (Wildman–Crippen MR) is 123 cm³/mol. The summed E-state index contributed by atoms with van der Waals surface area (Å²) in [5, 5.41) is 14.8. The number of nitrogens with zero attached hydrogens (tertiary/aromatic N) is 3. The van der Waals surface area contributed by atoms with Crippen molar-refractivity contribution in [3.63, 3.8) is 0 Å². The molecule has 2 amide bonds. The van der Waals surface area contributed by atoms with E-state index in [1.807, 2.05) is 13.8 Å². The molecule has 1 heterocycles. The van der Waals surface area contributed by atoms with Crippen molar-refractivity contribution in [1.29, 1.82) is 0 Å². The van der Waals surface area contributed by atoms with Gasteiger partial charge in [-0.2, -0.15) is 0 Å². The first-order valence-corrected chi connectivity index (χ1v) is 11.3. The first-order chi connectivity index (χ1) is 15.3. The molecule has 32 heavy (non-hydrogen) atoms. The topological polar surface area (TPSA) is 88.9 Å². The Bertz CT molecular complexity index is 1120. The van der Waals surface area contributed by atoms with Crippen molar-refractivity contribution in [2.75, 3.05) is 11.1 Å². The molecule has 1 aromatic heterocycles. The summed E-state index contributed by atoms with van der Waals surface area (Å²) in [5.74, 6) is -0.573. The van der Waals surface area contributed by atoms with Crippen LogP contribution in [0.2, 0.25) is 5.02 Å². The molecular weight excluding hydrogens is 453 g/mol. The molecule has 1 atom stereocenters. The fourth-order valence-electron chi connectivity index (χ4n) is 3.00. The Labute approximate surface area is 194 Å². The number of para-hydroxylation sites is 1. The zero-order chi connectivity index (χ0) is 23.3. The molecule has 0 aliphatic heterocycles. The maximum atomic E-state index is 13.7. The number of benzene rings is 2. The molecule has 2 N–H and O–H groups in total. The third kappa shape index (κ3) is 5.66. The first kappa shape index (κ1) is 23.7. The number of rotatable bonds is 8. The SMILES string of the molecule is CC(C)[C@@H](NC(=O)c1ccccc1Cl)c1nnc(SCC(=O)Nc2ccccc2F)n1C. The number of aromatic nitrogens is 3. The highest BCUT2D eigenvalue weighted by Crippen LogP contribution is 2.25. The molecule has 2 aromatic carbocycles. The Kier molecular flexibility index (Phi) is 7.87. The summed E-state index contributed by atoms with van der Waals surface area (Å²) >= 11 is 7.31. The van der Waals surface area contributed by atoms with Crippen LogP contribution in [0.4, 0.5) is 10.1 Å². The van der Waals surface area contributed by atoms with Gasteiger partial charge >= 0.3 is 0 Å². The molecule has 0 aliphatic carbocycles. The molecule has 7 nitrogen and oxygen atoms in total. The Morgan fingerprint density at radius 3 is 2.50 bits per heavy atom. The van der Waals surface area contributed by atoms with Crippen LogP contribution in [0.5, 0.6) is 0 Å². The molecule has 0 saturated heterocycles. The van der Waals surface area contributed by atoms with Gasteiger partial charge in [-0.15, -0.1) is 10.2 Å². The van der Waals surface area contributed by atoms with E-state index >= 15 is 0 Å². The largest absolute Gasteiger partial charge is 0.342 e. The average Bonchev–Trinajstić information content (AvgIpc) is 3.12. The summed E-state index contributed by atoms with van der Waals surface area (Å²) < 4.78 is 15.4. The number of carbonyl (C=O) groups excluding carboxylic acids is 2. The minimum atomic E-state index is -0.499. The van der Waals surface area contributed by atoms with Crippen molar-refractivity contribution < 1.29 is 14.0 Å². The monoisotopic (exact) mass is 475 g/mol. The smallest absolute Gasteiger partial charge is 0.253 e. The minimum Gasteiger partial charge on any atom is -0.342 e. The zero-order valence-electron chi connectivity index (χ0n) is 17.8. The molecule has 3 rings (SSSR count). The second-order valence-electron chi connectivity index (χ2n) is 7.39. The quantitative estimate of drug-likeness (QED) is 0.469. The first-order valence-electron chi connectivity index (χ1n) is 9.89. The molecule has 0 bridgehead atoms. The lowest BCUT2D eigenvalue weighted by atomic mass is 10.0. The standard InChI is InChI=1S/C22H23ClFN5O2S/c1-13(2)19(26-21(31)14-8-4-5-9-15(14)23)20-27-28-22(29(20)3)32-12-18(30)25-17-11-7-6-10-16(17)24/h4-11,13,19H,12H2,1-3H3,(H,25,30)(H,26,31)/t19-/m1/s1. The van der Waals surface area contributed by atoms with Gasteiger partial charge in [0, 0.05) is 7.05 Å². The third-order valence-corrected chi connectivity index (χ3v) is 6.05. The lowest BCUT2D eigenvalue weighted by Crippen LogP contribution is -2.33. The van der Waals surface area contributed by atoms with Gasteiger partial charge in [0.25, 0.3) is 5.91 Å². The Morgan fingerprint density at radius 2 is 1.81 bits per heavy atom. The molecule has 3 aromatic rings. The van der Waals surface area contributed by atoms with Gasteiger partial charge in [0.1, 0.15) is 5.82 Å². The van der Waals surface area contributed by atoms with E-state index in [9.17, 15) is 14.0 Å². The molecular formula is C22H23ClFN5O2S. The Balaban J connectivity index is 1.68. The molecule has 168 valence electrons. The summed E-state index contributed by atoms with van der Waals surface area (Å²) in [5.41, 5.74) is 0.500. The fraction of sp³-hybridized carbons (Fsp3) is 0.273. The van der Waals surface area contributed by atoms with Crippen LogP contribution >= 0.6 is 23.4 Å². The van der Waals surface area contributed by atoms with E-state index in [1.54, 1.807) is 48.0 Å². The highest BCUT2D eigenvalue weighted by Gasteiger charge is 2.26. The van der Waals surface area contributed by atoms with E-state index in [-0.39, 0.29) is 29.2 Å². The van der Waals surface area contributed by atoms with Crippen molar-refractivity contribution in [3.05, 3.63) is 70.8 Å². The Hall–Kier alpha value is -2.91. The number of hydrogen-bond donors (Lipinski definition) is 2. The lowest BCUT2D eigenvalue weighted by Gasteiger charge is -2.22. The zero-order valence-corrected chi connectivity index (χ0v) is 19.4. The number of hydrogen-bond acceptors (Lipinski definition) is 5. The highest BCUT2D eigenvalue weighted by molar-refractivity contribution is 7.99. The molecule has 0 fully saturated rings. The second-order valence-corrected chi connectivity index (χ2v) is 8.74. The van der Waals surface area contributed by atoms with Crippen LogP contribution in [0.3, 0.4) is 0 Å². The number of anilines is 1. The van der Waals surface area contributed by atoms with E-state index in [2.05, 4.69) is 20.8 Å². The van der Waals surface area contributed by atoms with Crippen molar-refractivity contribution in [1.82, 2.24) is 20.1 Å². The van der Waals surface area contributed by atoms with E-state index in [4.69, 9.17) is 11.6 Å². The van der Waals surface area contributed by atoms with Gasteiger partial charge in [-0.25, -0.2) is 4.39 Å². The van der Waals surface area contributed by atoms with Crippen LogP contribution in [0.15, 0.2) is 53.7 Å². The summed E-state index contributed by atoms with van der Waals surface area (Å²) in [4.78, 5) is 25.0. The fourth-order valence-corrected chi connectivity index (χ4v) is 3.93. The van der Waals surface area contributed by atoms with Crippen LogP contribution in [-0.2, 0) is 11.8 Å². The Morgan fingerprint density at radius 1 is 1.12 bits per heavy atom. The van der Waals surface area contributed by atoms with Crippen LogP contribution in [0, 0.1) is 11.7 Å². The number of amides is 2. The molecule has 10 heteroatoms.